The fraction of sp³-hybridized carbons (Fsp3) is 0.588. The molecule has 0 heterocycles. The van der Waals surface area contributed by atoms with Crippen molar-refractivity contribution in [1.29, 1.82) is 0 Å². The lowest BCUT2D eigenvalue weighted by Gasteiger charge is -2.37. The number of rotatable bonds is 4. The Morgan fingerprint density at radius 1 is 1.37 bits per heavy atom. The van der Waals surface area contributed by atoms with Crippen LogP contribution in [0.2, 0.25) is 0 Å². The Hall–Kier alpha value is -1.15. The number of benzene rings is 1. The molecule has 1 saturated carbocycles. The van der Waals surface area contributed by atoms with Crippen molar-refractivity contribution in [1.82, 2.24) is 0 Å². The van der Waals surface area contributed by atoms with Crippen LogP contribution in [0, 0.1) is 18.3 Å². The third kappa shape index (κ3) is 3.24. The third-order valence-corrected chi connectivity index (χ3v) is 4.66. The van der Waals surface area contributed by atoms with Crippen LogP contribution >= 0.6 is 0 Å². The first kappa shape index (κ1) is 14.3. The lowest BCUT2D eigenvalue weighted by molar-refractivity contribution is -0.129. The quantitative estimate of drug-likeness (QED) is 0.902. The van der Waals surface area contributed by atoms with Gasteiger partial charge in [0.2, 0.25) is 0 Å². The smallest absolute Gasteiger partial charge is 0.144 e. The van der Waals surface area contributed by atoms with Crippen molar-refractivity contribution in [2.75, 3.05) is 6.54 Å². The van der Waals surface area contributed by atoms with Gasteiger partial charge in [-0.3, -0.25) is 4.79 Å². The van der Waals surface area contributed by atoms with E-state index in [-0.39, 0.29) is 5.41 Å². The highest BCUT2D eigenvalue weighted by Crippen LogP contribution is 2.39. The highest BCUT2D eigenvalue weighted by molar-refractivity contribution is 5.87. The second kappa shape index (κ2) is 5.87. The molecule has 1 aromatic carbocycles. The van der Waals surface area contributed by atoms with Gasteiger partial charge in [-0.05, 0) is 44.1 Å². The van der Waals surface area contributed by atoms with Gasteiger partial charge in [-0.15, -0.1) is 0 Å². The number of Topliss-reactive ketones (excluding diaryl/α,β-unsaturated/α-hetero) is 1. The van der Waals surface area contributed by atoms with Crippen molar-refractivity contribution in [2.45, 2.75) is 46.0 Å². The molecule has 0 aromatic heterocycles. The topological polar surface area (TPSA) is 43.1 Å². The van der Waals surface area contributed by atoms with Gasteiger partial charge in [0.25, 0.3) is 0 Å². The number of aryl methyl sites for hydroxylation is 1. The highest BCUT2D eigenvalue weighted by Gasteiger charge is 2.39. The summed E-state index contributed by atoms with van der Waals surface area (Å²) < 4.78 is 0. The minimum atomic E-state index is -0.254. The molecule has 1 aromatic rings. The lowest BCUT2D eigenvalue weighted by atomic mass is 9.67. The van der Waals surface area contributed by atoms with E-state index in [1.165, 1.54) is 5.56 Å². The van der Waals surface area contributed by atoms with Gasteiger partial charge in [-0.25, -0.2) is 0 Å². The van der Waals surface area contributed by atoms with Gasteiger partial charge in [0.05, 0.1) is 0 Å². The number of nitrogens with two attached hydrogens (primary N) is 1. The van der Waals surface area contributed by atoms with Crippen LogP contribution in [0.15, 0.2) is 24.3 Å². The molecule has 0 unspecified atom stereocenters. The molecule has 0 atom stereocenters. The molecule has 0 radical (unpaired) electrons. The number of carbonyl (C=O) groups is 1. The van der Waals surface area contributed by atoms with Gasteiger partial charge in [0.1, 0.15) is 5.78 Å². The van der Waals surface area contributed by atoms with Crippen LogP contribution in [0.25, 0.3) is 0 Å². The summed E-state index contributed by atoms with van der Waals surface area (Å²) in [5.41, 5.74) is 8.03. The Bertz CT molecular complexity index is 444. The molecule has 0 amide bonds. The molecule has 0 saturated heterocycles. The summed E-state index contributed by atoms with van der Waals surface area (Å²) in [7, 11) is 0. The SMILES string of the molecule is Cc1cccc(CC(=O)C2(CN)CCC(C)CC2)c1. The van der Waals surface area contributed by atoms with E-state index in [1.54, 1.807) is 0 Å². The normalized spacial score (nSPS) is 27.2. The van der Waals surface area contributed by atoms with E-state index in [0.29, 0.717) is 18.7 Å². The molecular formula is C17H25NO. The monoisotopic (exact) mass is 259 g/mol. The molecule has 1 aliphatic rings. The molecule has 2 heteroatoms. The predicted octanol–water partition coefficient (Wildman–Crippen LogP) is 3.26. The van der Waals surface area contributed by atoms with Gasteiger partial charge in [-0.1, -0.05) is 36.8 Å². The van der Waals surface area contributed by atoms with E-state index in [1.807, 2.05) is 12.1 Å². The Kier molecular flexibility index (Phi) is 4.41. The van der Waals surface area contributed by atoms with Gasteiger partial charge in [0, 0.05) is 18.4 Å². The minimum Gasteiger partial charge on any atom is -0.329 e. The van der Waals surface area contributed by atoms with Gasteiger partial charge in [-0.2, -0.15) is 0 Å². The molecule has 2 nitrogen and oxygen atoms in total. The third-order valence-electron chi connectivity index (χ3n) is 4.66. The summed E-state index contributed by atoms with van der Waals surface area (Å²) in [6.07, 6.45) is 4.74. The average Bonchev–Trinajstić information content (AvgIpc) is 2.40. The van der Waals surface area contributed by atoms with Gasteiger partial charge < -0.3 is 5.73 Å². The standard InChI is InChI=1S/C17H25NO/c1-13-6-8-17(12-18,9-7-13)16(19)11-15-5-3-4-14(2)10-15/h3-5,10,13H,6-9,11-12,18H2,1-2H3. The molecule has 2 N–H and O–H groups in total. The zero-order chi connectivity index (χ0) is 13.9. The fourth-order valence-corrected chi connectivity index (χ4v) is 3.11. The van der Waals surface area contributed by atoms with Crippen molar-refractivity contribution < 1.29 is 4.79 Å². The molecule has 2 rings (SSSR count). The zero-order valence-electron chi connectivity index (χ0n) is 12.1. The highest BCUT2D eigenvalue weighted by atomic mass is 16.1. The zero-order valence-corrected chi connectivity index (χ0v) is 12.1. The summed E-state index contributed by atoms with van der Waals surface area (Å²) in [5, 5.41) is 0. The van der Waals surface area contributed by atoms with Crippen molar-refractivity contribution in [3.63, 3.8) is 0 Å². The second-order valence-electron chi connectivity index (χ2n) is 6.26. The van der Waals surface area contributed by atoms with Crippen LogP contribution < -0.4 is 5.73 Å². The summed E-state index contributed by atoms with van der Waals surface area (Å²) in [6.45, 7) is 4.84. The van der Waals surface area contributed by atoms with E-state index in [9.17, 15) is 4.79 Å². The van der Waals surface area contributed by atoms with Crippen molar-refractivity contribution in [2.24, 2.45) is 17.1 Å². The molecule has 1 aliphatic carbocycles. The van der Waals surface area contributed by atoms with Crippen molar-refractivity contribution >= 4 is 5.78 Å². The van der Waals surface area contributed by atoms with Crippen LogP contribution in [0.4, 0.5) is 0 Å². The summed E-state index contributed by atoms with van der Waals surface area (Å²) >= 11 is 0. The van der Waals surface area contributed by atoms with Crippen molar-refractivity contribution in [3.8, 4) is 0 Å². The molecular weight excluding hydrogens is 234 g/mol. The first-order chi connectivity index (χ1) is 9.05. The Balaban J connectivity index is 2.09. The van der Waals surface area contributed by atoms with E-state index >= 15 is 0 Å². The first-order valence-electron chi connectivity index (χ1n) is 7.35. The maximum absolute atomic E-state index is 12.7. The number of ketones is 1. The van der Waals surface area contributed by atoms with Crippen molar-refractivity contribution in [3.05, 3.63) is 35.4 Å². The van der Waals surface area contributed by atoms with Crippen LogP contribution in [0.3, 0.4) is 0 Å². The van der Waals surface area contributed by atoms with E-state index in [2.05, 4.69) is 26.0 Å². The van der Waals surface area contributed by atoms with E-state index in [4.69, 9.17) is 5.73 Å². The van der Waals surface area contributed by atoms with Gasteiger partial charge in [0.15, 0.2) is 0 Å². The summed E-state index contributed by atoms with van der Waals surface area (Å²) in [4.78, 5) is 12.7. The minimum absolute atomic E-state index is 0.254. The van der Waals surface area contributed by atoms with Crippen LogP contribution in [0.5, 0.6) is 0 Å². The Morgan fingerprint density at radius 3 is 2.63 bits per heavy atom. The fourth-order valence-electron chi connectivity index (χ4n) is 3.11. The van der Waals surface area contributed by atoms with Crippen LogP contribution in [-0.4, -0.2) is 12.3 Å². The molecule has 1 fully saturated rings. The Morgan fingerprint density at radius 2 is 2.05 bits per heavy atom. The van der Waals surface area contributed by atoms with E-state index in [0.717, 1.165) is 37.2 Å². The molecule has 0 spiro atoms. The number of hydrogen-bond acceptors (Lipinski definition) is 2. The van der Waals surface area contributed by atoms with Crippen LogP contribution in [-0.2, 0) is 11.2 Å². The molecule has 19 heavy (non-hydrogen) atoms. The maximum Gasteiger partial charge on any atom is 0.144 e. The number of hydrogen-bond donors (Lipinski definition) is 1. The second-order valence-corrected chi connectivity index (χ2v) is 6.26. The average molecular weight is 259 g/mol. The molecule has 0 bridgehead atoms. The largest absolute Gasteiger partial charge is 0.329 e. The predicted molar refractivity (Wildman–Crippen MR) is 79.0 cm³/mol. The van der Waals surface area contributed by atoms with Gasteiger partial charge >= 0.3 is 0 Å². The molecule has 104 valence electrons. The molecule has 0 aliphatic heterocycles. The Labute approximate surface area is 116 Å². The van der Waals surface area contributed by atoms with E-state index < -0.39 is 0 Å². The lowest BCUT2D eigenvalue weighted by Crippen LogP contribution is -2.42. The summed E-state index contributed by atoms with van der Waals surface area (Å²) in [6, 6.07) is 8.24. The first-order valence-corrected chi connectivity index (χ1v) is 7.35. The maximum atomic E-state index is 12.7. The summed E-state index contributed by atoms with van der Waals surface area (Å²) in [5.74, 6) is 1.08. The number of carbonyl (C=O) groups excluding carboxylic acids is 1. The van der Waals surface area contributed by atoms with Crippen LogP contribution in [0.1, 0.15) is 43.7 Å².